The molecule has 0 fully saturated rings. The largest absolute Gasteiger partial charge is 0.472 e. The van der Waals surface area contributed by atoms with Gasteiger partial charge >= 0.3 is 0 Å². The Morgan fingerprint density at radius 3 is 2.41 bits per heavy atom. The van der Waals surface area contributed by atoms with E-state index < -0.39 is 0 Å². The lowest BCUT2D eigenvalue weighted by Gasteiger charge is -2.14. The molecule has 2 aromatic carbocycles. The van der Waals surface area contributed by atoms with E-state index in [1.165, 1.54) is 12.1 Å². The van der Waals surface area contributed by atoms with E-state index in [0.29, 0.717) is 11.3 Å². The molecule has 1 heterocycles. The fourth-order valence-corrected chi connectivity index (χ4v) is 3.05. The van der Waals surface area contributed by atoms with Crippen molar-refractivity contribution in [3.05, 3.63) is 78.6 Å². The molecule has 5 heteroatoms. The second kappa shape index (κ2) is 8.52. The number of ether oxygens (including phenoxy) is 1. The highest BCUT2D eigenvalue weighted by molar-refractivity contribution is 7.98. The van der Waals surface area contributed by atoms with E-state index in [9.17, 15) is 9.65 Å². The van der Waals surface area contributed by atoms with Gasteiger partial charge in [-0.2, -0.15) is 5.26 Å². The smallest absolute Gasteiger partial charge is 0.232 e. The quantitative estimate of drug-likeness (QED) is 0.408. The van der Waals surface area contributed by atoms with Crippen LogP contribution in [0.5, 0.6) is 5.88 Å². The lowest BCUT2D eigenvalue weighted by Crippen LogP contribution is -2.01. The van der Waals surface area contributed by atoms with Crippen molar-refractivity contribution >= 4 is 11.8 Å². The SMILES string of the molecule is C=CCOc1nc(-c2ccc(F)cc2)c(-c2ccc(SC)cc2)cc1C#N. The molecule has 0 bridgehead atoms. The summed E-state index contributed by atoms with van der Waals surface area (Å²) in [6, 6.07) is 18.0. The van der Waals surface area contributed by atoms with Crippen LogP contribution in [0.15, 0.2) is 72.1 Å². The van der Waals surface area contributed by atoms with Gasteiger partial charge in [-0.25, -0.2) is 9.37 Å². The van der Waals surface area contributed by atoms with E-state index in [1.54, 1.807) is 36.0 Å². The highest BCUT2D eigenvalue weighted by atomic mass is 32.2. The maximum atomic E-state index is 13.4. The molecule has 3 aromatic rings. The first-order chi connectivity index (χ1) is 13.2. The zero-order chi connectivity index (χ0) is 19.2. The van der Waals surface area contributed by atoms with Gasteiger partial charge in [0.15, 0.2) is 0 Å². The van der Waals surface area contributed by atoms with Crippen LogP contribution in [-0.2, 0) is 0 Å². The Balaban J connectivity index is 2.20. The first kappa shape index (κ1) is 18.7. The molecule has 3 nitrogen and oxygen atoms in total. The summed E-state index contributed by atoms with van der Waals surface area (Å²) in [6.07, 6.45) is 3.61. The van der Waals surface area contributed by atoms with Crippen molar-refractivity contribution in [2.24, 2.45) is 0 Å². The van der Waals surface area contributed by atoms with Crippen LogP contribution in [0, 0.1) is 17.1 Å². The fourth-order valence-electron chi connectivity index (χ4n) is 2.64. The van der Waals surface area contributed by atoms with Crippen molar-refractivity contribution in [3.8, 4) is 34.3 Å². The molecule has 0 radical (unpaired) electrons. The lowest BCUT2D eigenvalue weighted by atomic mass is 9.98. The summed E-state index contributed by atoms with van der Waals surface area (Å²) in [4.78, 5) is 5.72. The second-order valence-electron chi connectivity index (χ2n) is 5.68. The van der Waals surface area contributed by atoms with E-state index in [0.717, 1.165) is 21.6 Å². The molecule has 3 rings (SSSR count). The number of aromatic nitrogens is 1. The molecular formula is C22H17FN2OS. The maximum absolute atomic E-state index is 13.4. The normalized spacial score (nSPS) is 10.3. The highest BCUT2D eigenvalue weighted by Gasteiger charge is 2.16. The zero-order valence-electron chi connectivity index (χ0n) is 14.8. The van der Waals surface area contributed by atoms with Gasteiger partial charge < -0.3 is 4.74 Å². The summed E-state index contributed by atoms with van der Waals surface area (Å²) in [5.41, 5.74) is 3.42. The summed E-state index contributed by atoms with van der Waals surface area (Å²) in [5, 5.41) is 9.52. The number of hydrogen-bond acceptors (Lipinski definition) is 4. The van der Waals surface area contributed by atoms with Gasteiger partial charge in [-0.1, -0.05) is 24.8 Å². The first-order valence-corrected chi connectivity index (χ1v) is 9.48. The summed E-state index contributed by atoms with van der Waals surface area (Å²) in [7, 11) is 0. The standard InChI is InChI=1S/C22H17FN2OS/c1-3-12-26-22-17(14-24)13-20(15-6-10-19(27-2)11-7-15)21(25-22)16-4-8-18(23)9-5-16/h3-11,13H,1,12H2,2H3. The van der Waals surface area contributed by atoms with Crippen molar-refractivity contribution in [1.29, 1.82) is 5.26 Å². The van der Waals surface area contributed by atoms with Crippen LogP contribution in [0.3, 0.4) is 0 Å². The van der Waals surface area contributed by atoms with E-state index in [2.05, 4.69) is 17.6 Å². The van der Waals surface area contributed by atoms with Crippen LogP contribution in [0.25, 0.3) is 22.4 Å². The minimum atomic E-state index is -0.318. The van der Waals surface area contributed by atoms with Gasteiger partial charge in [0.1, 0.15) is 24.1 Å². The van der Waals surface area contributed by atoms with Crippen LogP contribution in [0.2, 0.25) is 0 Å². The van der Waals surface area contributed by atoms with Gasteiger partial charge in [0.05, 0.1) is 5.69 Å². The van der Waals surface area contributed by atoms with Gasteiger partial charge in [0.2, 0.25) is 5.88 Å². The number of thioether (sulfide) groups is 1. The molecule has 0 spiro atoms. The molecule has 0 aliphatic carbocycles. The van der Waals surface area contributed by atoms with Gasteiger partial charge in [-0.05, 0) is 54.3 Å². The van der Waals surface area contributed by atoms with E-state index in [1.807, 2.05) is 30.5 Å². The lowest BCUT2D eigenvalue weighted by molar-refractivity contribution is 0.348. The summed E-state index contributed by atoms with van der Waals surface area (Å²) in [5.74, 6) is -0.0809. The van der Waals surface area contributed by atoms with Crippen molar-refractivity contribution in [2.45, 2.75) is 4.90 Å². The third-order valence-corrected chi connectivity index (χ3v) is 4.71. The van der Waals surface area contributed by atoms with Crippen molar-refractivity contribution < 1.29 is 9.13 Å². The Kier molecular flexibility index (Phi) is 5.90. The molecule has 0 unspecified atom stereocenters. The maximum Gasteiger partial charge on any atom is 0.232 e. The number of hydrogen-bond donors (Lipinski definition) is 0. The number of nitriles is 1. The van der Waals surface area contributed by atoms with Crippen molar-refractivity contribution in [2.75, 3.05) is 12.9 Å². The monoisotopic (exact) mass is 376 g/mol. The molecule has 0 saturated heterocycles. The Labute approximate surface area is 162 Å². The number of halogens is 1. The Morgan fingerprint density at radius 1 is 1.15 bits per heavy atom. The molecule has 0 aliphatic rings. The van der Waals surface area contributed by atoms with Gasteiger partial charge in [-0.15, -0.1) is 11.8 Å². The third-order valence-electron chi connectivity index (χ3n) is 3.96. The van der Waals surface area contributed by atoms with Crippen LogP contribution in [-0.4, -0.2) is 17.8 Å². The van der Waals surface area contributed by atoms with Crippen LogP contribution in [0.4, 0.5) is 4.39 Å². The molecule has 0 amide bonds. The molecule has 0 N–H and O–H groups in total. The first-order valence-electron chi connectivity index (χ1n) is 8.25. The fraction of sp³-hybridized carbons (Fsp3) is 0.0909. The summed E-state index contributed by atoms with van der Waals surface area (Å²) < 4.78 is 18.9. The highest BCUT2D eigenvalue weighted by Crippen LogP contribution is 2.35. The number of nitrogens with zero attached hydrogens (tertiary/aromatic N) is 2. The summed E-state index contributed by atoms with van der Waals surface area (Å²) in [6.45, 7) is 3.87. The number of benzene rings is 2. The average molecular weight is 376 g/mol. The molecule has 0 saturated carbocycles. The van der Waals surface area contributed by atoms with Gasteiger partial charge in [0.25, 0.3) is 0 Å². The Bertz CT molecular complexity index is 993. The second-order valence-corrected chi connectivity index (χ2v) is 6.56. The Morgan fingerprint density at radius 2 is 1.81 bits per heavy atom. The minimum Gasteiger partial charge on any atom is -0.472 e. The predicted octanol–water partition coefficient (Wildman–Crippen LogP) is 5.71. The van der Waals surface area contributed by atoms with Crippen LogP contribution < -0.4 is 4.74 Å². The van der Waals surface area contributed by atoms with Crippen LogP contribution in [0.1, 0.15) is 5.56 Å². The number of rotatable bonds is 6. The van der Waals surface area contributed by atoms with Crippen LogP contribution >= 0.6 is 11.8 Å². The van der Waals surface area contributed by atoms with Gasteiger partial charge in [0, 0.05) is 16.0 Å². The Hall–Kier alpha value is -3.10. The molecule has 0 aliphatic heterocycles. The topological polar surface area (TPSA) is 45.9 Å². The average Bonchev–Trinajstić information content (AvgIpc) is 2.72. The molecule has 27 heavy (non-hydrogen) atoms. The van der Waals surface area contributed by atoms with Crippen molar-refractivity contribution in [3.63, 3.8) is 0 Å². The zero-order valence-corrected chi connectivity index (χ0v) is 15.6. The molecule has 1 aromatic heterocycles. The third kappa shape index (κ3) is 4.18. The molecular weight excluding hydrogens is 359 g/mol. The predicted molar refractivity (Wildman–Crippen MR) is 107 cm³/mol. The molecule has 134 valence electrons. The van der Waals surface area contributed by atoms with Gasteiger partial charge in [-0.3, -0.25) is 0 Å². The minimum absolute atomic E-state index is 0.237. The van der Waals surface area contributed by atoms with E-state index in [4.69, 9.17) is 4.74 Å². The summed E-state index contributed by atoms with van der Waals surface area (Å²) >= 11 is 1.66. The van der Waals surface area contributed by atoms with E-state index >= 15 is 0 Å². The van der Waals surface area contributed by atoms with E-state index in [-0.39, 0.29) is 18.3 Å². The molecule has 0 atom stereocenters. The van der Waals surface area contributed by atoms with Crippen molar-refractivity contribution in [1.82, 2.24) is 4.98 Å². The number of pyridine rings is 1.